The highest BCUT2D eigenvalue weighted by Crippen LogP contribution is 2.26. The van der Waals surface area contributed by atoms with E-state index in [1.165, 1.54) is 23.9 Å². The maximum absolute atomic E-state index is 12.2. The Morgan fingerprint density at radius 1 is 1.50 bits per heavy atom. The first-order chi connectivity index (χ1) is 12.4. The lowest BCUT2D eigenvalue weighted by Gasteiger charge is -2.10. The zero-order valence-corrected chi connectivity index (χ0v) is 15.1. The highest BCUT2D eigenvalue weighted by Gasteiger charge is 2.28. The lowest BCUT2D eigenvalue weighted by molar-refractivity contribution is -0.113. The fourth-order valence-electron chi connectivity index (χ4n) is 2.45. The number of carboxylic acids is 1. The zero-order valence-electron chi connectivity index (χ0n) is 13.5. The summed E-state index contributed by atoms with van der Waals surface area (Å²) in [5.74, 6) is -1.59. The first-order valence-corrected chi connectivity index (χ1v) is 8.90. The molecule has 1 unspecified atom stereocenters. The number of nitrogens with two attached hydrogens (primary N) is 1. The third-order valence-corrected chi connectivity index (χ3v) is 4.65. The van der Waals surface area contributed by atoms with Crippen LogP contribution in [0.4, 0.5) is 5.69 Å². The first-order valence-electron chi connectivity index (χ1n) is 7.62. The van der Waals surface area contributed by atoms with Crippen LogP contribution in [-0.4, -0.2) is 50.5 Å². The van der Waals surface area contributed by atoms with E-state index in [-0.39, 0.29) is 34.8 Å². The summed E-state index contributed by atoms with van der Waals surface area (Å²) in [7, 11) is 0. The number of carboxylic acid groups (broad SMARTS) is 1. The van der Waals surface area contributed by atoms with Crippen molar-refractivity contribution in [3.8, 4) is 0 Å². The molecule has 0 saturated heterocycles. The summed E-state index contributed by atoms with van der Waals surface area (Å²) in [4.78, 5) is 33.5. The average molecular weight is 389 g/mol. The van der Waals surface area contributed by atoms with Crippen molar-refractivity contribution in [1.82, 2.24) is 4.90 Å². The van der Waals surface area contributed by atoms with Gasteiger partial charge in [0.15, 0.2) is 21.9 Å². The van der Waals surface area contributed by atoms with Crippen LogP contribution in [0, 0.1) is 0 Å². The Labute approximate surface area is 158 Å². The summed E-state index contributed by atoms with van der Waals surface area (Å²) in [5.41, 5.74) is 6.30. The number of Topliss-reactive ketones (excluding diaryl/α,β-unsaturated/α-hetero) is 1. The van der Waals surface area contributed by atoms with E-state index < -0.39 is 5.97 Å². The van der Waals surface area contributed by atoms with Crippen molar-refractivity contribution >= 4 is 57.5 Å². The number of fused-ring (bicyclic) bond motifs is 1. The van der Waals surface area contributed by atoms with E-state index in [0.717, 1.165) is 5.17 Å². The molecule has 0 amide bonds. The lowest BCUT2D eigenvalue weighted by atomic mass is 10.1. The van der Waals surface area contributed by atoms with Crippen LogP contribution in [0.25, 0.3) is 0 Å². The van der Waals surface area contributed by atoms with Gasteiger partial charge in [-0.05, 0) is 35.8 Å². The number of thioether (sulfide) groups is 1. The van der Waals surface area contributed by atoms with E-state index >= 15 is 0 Å². The monoisotopic (exact) mass is 389 g/mol. The number of nitrogens with zero attached hydrogens (tertiary/aromatic N) is 3. The first kappa shape index (κ1) is 18.1. The zero-order chi connectivity index (χ0) is 18.7. The number of carbonyl (C=O) groups is 2. The van der Waals surface area contributed by atoms with Crippen molar-refractivity contribution in [3.05, 3.63) is 41.4 Å². The van der Waals surface area contributed by atoms with Crippen molar-refractivity contribution in [1.29, 1.82) is 0 Å². The predicted molar refractivity (Wildman–Crippen MR) is 106 cm³/mol. The van der Waals surface area contributed by atoms with Gasteiger partial charge in [-0.2, -0.15) is 4.99 Å². The Bertz CT molecular complexity index is 865. The minimum Gasteiger partial charge on any atom is -0.478 e. The molecule has 1 aromatic rings. The fraction of sp³-hybridized carbons (Fsp3) is 0.188. The summed E-state index contributed by atoms with van der Waals surface area (Å²) in [5, 5.41) is 14.5. The van der Waals surface area contributed by atoms with E-state index in [1.54, 1.807) is 12.1 Å². The number of aliphatic imine (C=N–C) groups is 2. The standard InChI is InChI=1S/C16H15N5O3S2/c17-13(12(22)7-11-8-21-4-5-26-16(21)19-11)20-15(25)18-10-3-1-2-9(6-10)14(23)24/h1-6,11H,7-8H2,(H,23,24)(H3,17,18,20,25). The van der Waals surface area contributed by atoms with E-state index in [4.69, 9.17) is 23.1 Å². The molecular weight excluding hydrogens is 374 g/mol. The van der Waals surface area contributed by atoms with Gasteiger partial charge in [0.2, 0.25) is 0 Å². The number of hydrogen-bond acceptors (Lipinski definition) is 6. The second kappa shape index (κ2) is 7.67. The van der Waals surface area contributed by atoms with Gasteiger partial charge in [-0.25, -0.2) is 4.79 Å². The molecule has 4 N–H and O–H groups in total. The third-order valence-electron chi connectivity index (χ3n) is 3.65. The molecule has 3 rings (SSSR count). The molecule has 26 heavy (non-hydrogen) atoms. The molecule has 0 spiro atoms. The molecule has 0 bridgehead atoms. The van der Waals surface area contributed by atoms with Crippen molar-refractivity contribution in [3.63, 3.8) is 0 Å². The normalized spacial score (nSPS) is 18.5. The number of thiocarbonyl (C=S) groups is 1. The number of anilines is 1. The highest BCUT2D eigenvalue weighted by atomic mass is 32.2. The molecular formula is C16H15N5O3S2. The molecule has 2 heterocycles. The molecule has 1 aromatic carbocycles. The van der Waals surface area contributed by atoms with Crippen LogP contribution in [0.1, 0.15) is 16.8 Å². The SMILES string of the molecule is NC(=NC(=S)Nc1cccc(C(=O)O)c1)C(=O)CC1CN2C=CSC2=N1. The number of ketones is 1. The van der Waals surface area contributed by atoms with E-state index in [2.05, 4.69) is 15.3 Å². The number of rotatable bonds is 5. The van der Waals surface area contributed by atoms with E-state index in [1.807, 2.05) is 16.5 Å². The Hall–Kier alpha value is -2.72. The highest BCUT2D eigenvalue weighted by molar-refractivity contribution is 8.16. The topological polar surface area (TPSA) is 120 Å². The molecule has 0 aromatic heterocycles. The number of aromatic carboxylic acids is 1. The van der Waals surface area contributed by atoms with Crippen LogP contribution in [0.15, 0.2) is 45.9 Å². The summed E-state index contributed by atoms with van der Waals surface area (Å²) in [6, 6.07) is 5.93. The predicted octanol–water partition coefficient (Wildman–Crippen LogP) is 1.66. The van der Waals surface area contributed by atoms with E-state index in [0.29, 0.717) is 12.2 Å². The average Bonchev–Trinajstić information content (AvgIpc) is 3.16. The van der Waals surface area contributed by atoms with Crippen LogP contribution in [0.2, 0.25) is 0 Å². The molecule has 10 heteroatoms. The Kier molecular flexibility index (Phi) is 5.33. The maximum Gasteiger partial charge on any atom is 0.335 e. The molecule has 0 radical (unpaired) electrons. The summed E-state index contributed by atoms with van der Waals surface area (Å²) in [6.45, 7) is 0.641. The maximum atomic E-state index is 12.2. The minimum absolute atomic E-state index is 0.0183. The largest absolute Gasteiger partial charge is 0.478 e. The summed E-state index contributed by atoms with van der Waals surface area (Å²) in [6.07, 6.45) is 2.08. The van der Waals surface area contributed by atoms with Gasteiger partial charge in [0.25, 0.3) is 0 Å². The van der Waals surface area contributed by atoms with Crippen LogP contribution in [0.3, 0.4) is 0 Å². The van der Waals surface area contributed by atoms with Gasteiger partial charge in [-0.1, -0.05) is 17.8 Å². The molecule has 0 saturated carbocycles. The number of carbonyl (C=O) groups excluding carboxylic acids is 1. The van der Waals surface area contributed by atoms with Gasteiger partial charge in [0.1, 0.15) is 0 Å². The smallest absolute Gasteiger partial charge is 0.335 e. The van der Waals surface area contributed by atoms with Crippen molar-refractivity contribution in [2.45, 2.75) is 12.5 Å². The molecule has 0 fully saturated rings. The van der Waals surface area contributed by atoms with Crippen molar-refractivity contribution < 1.29 is 14.7 Å². The lowest BCUT2D eigenvalue weighted by Crippen LogP contribution is -2.30. The van der Waals surface area contributed by atoms with Gasteiger partial charge in [-0.15, -0.1) is 0 Å². The third kappa shape index (κ3) is 4.27. The van der Waals surface area contributed by atoms with Crippen molar-refractivity contribution in [2.75, 3.05) is 11.9 Å². The number of benzene rings is 1. The van der Waals surface area contributed by atoms with Crippen LogP contribution >= 0.6 is 24.0 Å². The Balaban J connectivity index is 1.57. The van der Waals surface area contributed by atoms with Gasteiger partial charge in [-0.3, -0.25) is 9.79 Å². The second-order valence-electron chi connectivity index (χ2n) is 5.56. The number of amidine groups is 2. The number of hydrogen-bond donors (Lipinski definition) is 3. The molecule has 134 valence electrons. The summed E-state index contributed by atoms with van der Waals surface area (Å²) >= 11 is 6.58. The quantitative estimate of drug-likeness (QED) is 0.395. The van der Waals surface area contributed by atoms with Crippen LogP contribution < -0.4 is 11.1 Å². The minimum atomic E-state index is -1.05. The fourth-order valence-corrected chi connectivity index (χ4v) is 3.47. The van der Waals surface area contributed by atoms with Crippen LogP contribution in [-0.2, 0) is 4.79 Å². The Morgan fingerprint density at radius 3 is 3.04 bits per heavy atom. The van der Waals surface area contributed by atoms with Gasteiger partial charge in [0.05, 0.1) is 11.6 Å². The molecule has 0 aliphatic carbocycles. The molecule has 1 atom stereocenters. The van der Waals surface area contributed by atoms with E-state index in [9.17, 15) is 9.59 Å². The van der Waals surface area contributed by atoms with Gasteiger partial charge >= 0.3 is 5.97 Å². The molecule has 8 nitrogen and oxygen atoms in total. The van der Waals surface area contributed by atoms with Crippen molar-refractivity contribution in [2.24, 2.45) is 15.7 Å². The Morgan fingerprint density at radius 2 is 2.31 bits per heavy atom. The number of nitrogens with one attached hydrogen (secondary N) is 1. The second-order valence-corrected chi connectivity index (χ2v) is 6.82. The van der Waals surface area contributed by atoms with Gasteiger partial charge < -0.3 is 21.1 Å². The summed E-state index contributed by atoms with van der Waals surface area (Å²) < 4.78 is 0. The van der Waals surface area contributed by atoms with Crippen LogP contribution in [0.5, 0.6) is 0 Å². The molecule has 2 aliphatic heterocycles. The molecule has 2 aliphatic rings. The van der Waals surface area contributed by atoms with Gasteiger partial charge in [0, 0.05) is 24.9 Å².